The molecule has 0 spiro atoms. The number of carbonyl (C=O) groups is 1. The molecule has 2 rings (SSSR count). The van der Waals surface area contributed by atoms with Gasteiger partial charge in [-0.1, -0.05) is 13.8 Å². The first-order valence-corrected chi connectivity index (χ1v) is 7.49. The summed E-state index contributed by atoms with van der Waals surface area (Å²) in [6.45, 7) is 8.56. The lowest BCUT2D eigenvalue weighted by molar-refractivity contribution is -0.384. The van der Waals surface area contributed by atoms with E-state index >= 15 is 0 Å². The van der Waals surface area contributed by atoms with Crippen molar-refractivity contribution in [2.24, 2.45) is 0 Å². The SMILES string of the molecule is CC.O=C(NCCN1CCOCC1)c1ccc([N+](=O)[O-])cc1. The van der Waals surface area contributed by atoms with Gasteiger partial charge >= 0.3 is 0 Å². The van der Waals surface area contributed by atoms with Crippen molar-refractivity contribution in [2.75, 3.05) is 39.4 Å². The topological polar surface area (TPSA) is 84.7 Å². The summed E-state index contributed by atoms with van der Waals surface area (Å²) in [7, 11) is 0. The third-order valence-electron chi connectivity index (χ3n) is 3.16. The van der Waals surface area contributed by atoms with E-state index in [1.165, 1.54) is 24.3 Å². The van der Waals surface area contributed by atoms with Crippen LogP contribution >= 0.6 is 0 Å². The predicted octanol–water partition coefficient (Wildman–Crippen LogP) is 1.68. The van der Waals surface area contributed by atoms with Crippen LogP contribution in [0.2, 0.25) is 0 Å². The maximum absolute atomic E-state index is 11.8. The van der Waals surface area contributed by atoms with Gasteiger partial charge < -0.3 is 10.1 Å². The number of nitro benzene ring substituents is 1. The molecule has 1 fully saturated rings. The number of benzene rings is 1. The number of nitrogens with one attached hydrogen (secondary N) is 1. The monoisotopic (exact) mass is 309 g/mol. The van der Waals surface area contributed by atoms with Crippen LogP contribution in [0.1, 0.15) is 24.2 Å². The van der Waals surface area contributed by atoms with Gasteiger partial charge in [-0.15, -0.1) is 0 Å². The highest BCUT2D eigenvalue weighted by Gasteiger charge is 2.11. The van der Waals surface area contributed by atoms with Crippen LogP contribution in [0, 0.1) is 10.1 Å². The number of amides is 1. The second-order valence-electron chi connectivity index (χ2n) is 4.51. The summed E-state index contributed by atoms with van der Waals surface area (Å²) in [6.07, 6.45) is 0. The Kier molecular flexibility index (Phi) is 8.09. The lowest BCUT2D eigenvalue weighted by Crippen LogP contribution is -2.41. The minimum absolute atomic E-state index is 0.0186. The van der Waals surface area contributed by atoms with Crippen LogP contribution in [-0.4, -0.2) is 55.1 Å². The fourth-order valence-corrected chi connectivity index (χ4v) is 1.99. The van der Waals surface area contributed by atoms with Crippen molar-refractivity contribution in [1.29, 1.82) is 0 Å². The molecular formula is C15H23N3O4. The Morgan fingerprint density at radius 3 is 2.41 bits per heavy atom. The Morgan fingerprint density at radius 1 is 1.27 bits per heavy atom. The van der Waals surface area contributed by atoms with E-state index in [1.54, 1.807) is 0 Å². The minimum Gasteiger partial charge on any atom is -0.379 e. The van der Waals surface area contributed by atoms with Crippen LogP contribution in [0.3, 0.4) is 0 Å². The fourth-order valence-electron chi connectivity index (χ4n) is 1.99. The zero-order chi connectivity index (χ0) is 16.4. The molecule has 22 heavy (non-hydrogen) atoms. The molecule has 1 saturated heterocycles. The van der Waals surface area contributed by atoms with Crippen molar-refractivity contribution in [3.05, 3.63) is 39.9 Å². The molecule has 0 saturated carbocycles. The summed E-state index contributed by atoms with van der Waals surface area (Å²) < 4.78 is 5.24. The summed E-state index contributed by atoms with van der Waals surface area (Å²) in [6, 6.07) is 5.58. The molecule has 7 heteroatoms. The summed E-state index contributed by atoms with van der Waals surface area (Å²) in [4.78, 5) is 24.1. The molecule has 1 N–H and O–H groups in total. The third-order valence-corrected chi connectivity index (χ3v) is 3.16. The molecule has 1 amide bonds. The zero-order valence-electron chi connectivity index (χ0n) is 13.1. The number of hydrogen-bond acceptors (Lipinski definition) is 5. The molecular weight excluding hydrogens is 286 g/mol. The largest absolute Gasteiger partial charge is 0.379 e. The van der Waals surface area contributed by atoms with Gasteiger partial charge in [-0.25, -0.2) is 0 Å². The number of nitrogens with zero attached hydrogens (tertiary/aromatic N) is 2. The van der Waals surface area contributed by atoms with Gasteiger partial charge in [-0.05, 0) is 12.1 Å². The van der Waals surface area contributed by atoms with Gasteiger partial charge in [0.15, 0.2) is 0 Å². The first-order chi connectivity index (χ1) is 10.7. The Hall–Kier alpha value is -1.99. The standard InChI is InChI=1S/C13H17N3O4.C2H6/c17-13(11-1-3-12(4-2-11)16(18)19)14-5-6-15-7-9-20-10-8-15;1-2/h1-4H,5-10H2,(H,14,17);1-2H3. The van der Waals surface area contributed by atoms with Crippen molar-refractivity contribution >= 4 is 11.6 Å². The average molecular weight is 309 g/mol. The number of carbonyl (C=O) groups excluding carboxylic acids is 1. The molecule has 1 aromatic rings. The van der Waals surface area contributed by atoms with Crippen LogP contribution in [-0.2, 0) is 4.74 Å². The van der Waals surface area contributed by atoms with Gasteiger partial charge in [0.25, 0.3) is 11.6 Å². The third kappa shape index (κ3) is 5.79. The second kappa shape index (κ2) is 9.86. The average Bonchev–Trinajstić information content (AvgIpc) is 2.57. The first kappa shape index (κ1) is 18.1. The van der Waals surface area contributed by atoms with Gasteiger partial charge in [0.2, 0.25) is 0 Å². The summed E-state index contributed by atoms with van der Waals surface area (Å²) in [5.74, 6) is -0.215. The fraction of sp³-hybridized carbons (Fsp3) is 0.533. The van der Waals surface area contributed by atoms with E-state index in [9.17, 15) is 14.9 Å². The Labute approximate surface area is 130 Å². The van der Waals surface area contributed by atoms with E-state index < -0.39 is 4.92 Å². The zero-order valence-corrected chi connectivity index (χ0v) is 13.1. The highest BCUT2D eigenvalue weighted by molar-refractivity contribution is 5.94. The van der Waals surface area contributed by atoms with E-state index in [0.29, 0.717) is 12.1 Å². The molecule has 0 unspecified atom stereocenters. The minimum atomic E-state index is -0.486. The molecule has 1 aliphatic heterocycles. The van der Waals surface area contributed by atoms with Gasteiger partial charge in [0, 0.05) is 43.9 Å². The molecule has 0 atom stereocenters. The van der Waals surface area contributed by atoms with Gasteiger partial charge in [0.05, 0.1) is 18.1 Å². The van der Waals surface area contributed by atoms with E-state index in [1.807, 2.05) is 13.8 Å². The van der Waals surface area contributed by atoms with Crippen molar-refractivity contribution < 1.29 is 14.5 Å². The summed E-state index contributed by atoms with van der Waals surface area (Å²) in [5.41, 5.74) is 0.410. The number of rotatable bonds is 5. The Morgan fingerprint density at radius 2 is 1.86 bits per heavy atom. The molecule has 7 nitrogen and oxygen atoms in total. The summed E-state index contributed by atoms with van der Waals surface area (Å²) in [5, 5.41) is 13.3. The highest BCUT2D eigenvalue weighted by Crippen LogP contribution is 2.11. The summed E-state index contributed by atoms with van der Waals surface area (Å²) >= 11 is 0. The molecule has 1 aliphatic rings. The van der Waals surface area contributed by atoms with Crippen molar-refractivity contribution in [3.8, 4) is 0 Å². The van der Waals surface area contributed by atoms with Gasteiger partial charge in [-0.2, -0.15) is 0 Å². The van der Waals surface area contributed by atoms with Crippen LogP contribution in [0.4, 0.5) is 5.69 Å². The van der Waals surface area contributed by atoms with Crippen molar-refractivity contribution in [2.45, 2.75) is 13.8 Å². The number of ether oxygens (including phenoxy) is 1. The molecule has 0 aromatic heterocycles. The van der Waals surface area contributed by atoms with Crippen LogP contribution < -0.4 is 5.32 Å². The quantitative estimate of drug-likeness (QED) is 0.661. The molecule has 122 valence electrons. The number of hydrogen-bond donors (Lipinski definition) is 1. The normalized spacial score (nSPS) is 14.6. The molecule has 0 radical (unpaired) electrons. The van der Waals surface area contributed by atoms with Crippen molar-refractivity contribution in [3.63, 3.8) is 0 Å². The lowest BCUT2D eigenvalue weighted by Gasteiger charge is -2.26. The van der Waals surface area contributed by atoms with E-state index in [-0.39, 0.29) is 11.6 Å². The second-order valence-corrected chi connectivity index (χ2v) is 4.51. The van der Waals surface area contributed by atoms with Gasteiger partial charge in [0.1, 0.15) is 0 Å². The van der Waals surface area contributed by atoms with Gasteiger partial charge in [-0.3, -0.25) is 19.8 Å². The first-order valence-electron chi connectivity index (χ1n) is 7.49. The number of morpholine rings is 1. The molecule has 1 heterocycles. The van der Waals surface area contributed by atoms with Crippen LogP contribution in [0.15, 0.2) is 24.3 Å². The smallest absolute Gasteiger partial charge is 0.269 e. The molecule has 1 aromatic carbocycles. The Balaban J connectivity index is 0.00000116. The maximum atomic E-state index is 11.8. The van der Waals surface area contributed by atoms with Crippen LogP contribution in [0.25, 0.3) is 0 Å². The van der Waals surface area contributed by atoms with E-state index in [2.05, 4.69) is 10.2 Å². The number of non-ortho nitro benzene ring substituents is 1. The lowest BCUT2D eigenvalue weighted by atomic mass is 10.2. The number of nitro groups is 1. The maximum Gasteiger partial charge on any atom is 0.269 e. The van der Waals surface area contributed by atoms with E-state index in [4.69, 9.17) is 4.74 Å². The molecule has 0 aliphatic carbocycles. The Bertz CT molecular complexity index is 470. The van der Waals surface area contributed by atoms with Crippen molar-refractivity contribution in [1.82, 2.24) is 10.2 Å². The van der Waals surface area contributed by atoms with Crippen LogP contribution in [0.5, 0.6) is 0 Å². The highest BCUT2D eigenvalue weighted by atomic mass is 16.6. The van der Waals surface area contributed by atoms with E-state index in [0.717, 1.165) is 32.8 Å². The predicted molar refractivity (Wildman–Crippen MR) is 84.0 cm³/mol. The molecule has 0 bridgehead atoms.